The zero-order valence-electron chi connectivity index (χ0n) is 12.6. The summed E-state index contributed by atoms with van der Waals surface area (Å²) in [5.41, 5.74) is 0.618. The molecule has 0 aliphatic carbocycles. The Morgan fingerprint density at radius 3 is 2.68 bits per heavy atom. The van der Waals surface area contributed by atoms with Gasteiger partial charge in [0.2, 0.25) is 15.9 Å². The van der Waals surface area contributed by atoms with Crippen LogP contribution in [0, 0.1) is 0 Å². The predicted molar refractivity (Wildman–Crippen MR) is 88.5 cm³/mol. The normalized spacial score (nSPS) is 19.3. The molecule has 1 aliphatic rings. The largest absolute Gasteiger partial charge is 0.325 e. The molecule has 7 heteroatoms. The molecule has 122 valence electrons. The summed E-state index contributed by atoms with van der Waals surface area (Å²) in [5.74, 6) is -0.172. The van der Waals surface area contributed by atoms with Crippen LogP contribution < -0.4 is 5.32 Å². The Hall–Kier alpha value is -1.11. The van der Waals surface area contributed by atoms with E-state index in [-0.39, 0.29) is 11.7 Å². The van der Waals surface area contributed by atoms with Crippen molar-refractivity contribution in [1.82, 2.24) is 4.31 Å². The topological polar surface area (TPSA) is 66.5 Å². The fourth-order valence-electron chi connectivity index (χ4n) is 2.54. The Morgan fingerprint density at radius 2 is 2.05 bits per heavy atom. The van der Waals surface area contributed by atoms with Crippen LogP contribution >= 0.6 is 11.6 Å². The van der Waals surface area contributed by atoms with Crippen molar-refractivity contribution in [3.63, 3.8) is 0 Å². The van der Waals surface area contributed by atoms with Crippen LogP contribution in [0.3, 0.4) is 0 Å². The fourth-order valence-corrected chi connectivity index (χ4v) is 4.55. The number of sulfonamides is 1. The van der Waals surface area contributed by atoms with Crippen molar-refractivity contribution in [3.05, 3.63) is 29.3 Å². The van der Waals surface area contributed by atoms with Crippen LogP contribution in [0.2, 0.25) is 5.02 Å². The molecule has 1 atom stereocenters. The number of unbranched alkanes of at least 4 members (excludes halogenated alkanes) is 1. The fraction of sp³-hybridized carbons (Fsp3) is 0.533. The van der Waals surface area contributed by atoms with E-state index in [0.717, 1.165) is 6.42 Å². The number of carbonyl (C=O) groups is 1. The van der Waals surface area contributed by atoms with Gasteiger partial charge in [0.05, 0.1) is 5.75 Å². The maximum absolute atomic E-state index is 12.4. The summed E-state index contributed by atoms with van der Waals surface area (Å²) < 4.78 is 26.0. The van der Waals surface area contributed by atoms with Crippen molar-refractivity contribution < 1.29 is 13.2 Å². The zero-order chi connectivity index (χ0) is 16.2. The third kappa shape index (κ3) is 4.21. The summed E-state index contributed by atoms with van der Waals surface area (Å²) in [5, 5.41) is 3.35. The highest BCUT2D eigenvalue weighted by Gasteiger charge is 2.38. The number of hydrogen-bond acceptors (Lipinski definition) is 3. The lowest BCUT2D eigenvalue weighted by atomic mass is 10.2. The maximum Gasteiger partial charge on any atom is 0.242 e. The molecule has 1 aromatic carbocycles. The van der Waals surface area contributed by atoms with E-state index in [1.165, 1.54) is 4.31 Å². The summed E-state index contributed by atoms with van der Waals surface area (Å²) in [6.07, 6.45) is 2.70. The van der Waals surface area contributed by atoms with E-state index in [9.17, 15) is 13.2 Å². The summed E-state index contributed by atoms with van der Waals surface area (Å²) in [6, 6.07) is 6.15. The second-order valence-electron chi connectivity index (χ2n) is 5.43. The van der Waals surface area contributed by atoms with E-state index in [0.29, 0.717) is 36.5 Å². The Balaban J connectivity index is 2.06. The van der Waals surface area contributed by atoms with Crippen LogP contribution in [-0.4, -0.2) is 37.0 Å². The lowest BCUT2D eigenvalue weighted by Gasteiger charge is -2.23. The van der Waals surface area contributed by atoms with Gasteiger partial charge in [-0.15, -0.1) is 0 Å². The molecular formula is C15H21ClN2O3S. The number of nitrogens with zero attached hydrogens (tertiary/aromatic N) is 1. The van der Waals surface area contributed by atoms with Crippen LogP contribution in [0.4, 0.5) is 5.69 Å². The molecule has 1 amide bonds. The lowest BCUT2D eigenvalue weighted by molar-refractivity contribution is -0.119. The van der Waals surface area contributed by atoms with E-state index >= 15 is 0 Å². The van der Waals surface area contributed by atoms with Gasteiger partial charge in [-0.05, 0) is 43.5 Å². The van der Waals surface area contributed by atoms with Gasteiger partial charge in [0.15, 0.2) is 0 Å². The van der Waals surface area contributed by atoms with Gasteiger partial charge in [-0.25, -0.2) is 8.42 Å². The molecule has 1 fully saturated rings. The number of benzene rings is 1. The zero-order valence-corrected chi connectivity index (χ0v) is 14.2. The number of nitrogens with one attached hydrogen (secondary N) is 1. The molecule has 1 aliphatic heterocycles. The van der Waals surface area contributed by atoms with Gasteiger partial charge in [0.25, 0.3) is 0 Å². The van der Waals surface area contributed by atoms with Gasteiger partial charge in [0, 0.05) is 17.3 Å². The molecular weight excluding hydrogens is 324 g/mol. The first-order chi connectivity index (χ1) is 10.4. The van der Waals surface area contributed by atoms with Crippen molar-refractivity contribution in [2.24, 2.45) is 0 Å². The molecule has 2 rings (SSSR count). The van der Waals surface area contributed by atoms with Gasteiger partial charge < -0.3 is 5.32 Å². The van der Waals surface area contributed by atoms with Crippen molar-refractivity contribution >= 4 is 33.2 Å². The van der Waals surface area contributed by atoms with Crippen molar-refractivity contribution in [2.75, 3.05) is 17.6 Å². The SMILES string of the molecule is CCCCS(=O)(=O)N1CCC[C@H]1C(=O)Nc1ccc(Cl)cc1. The molecule has 0 radical (unpaired) electrons. The van der Waals surface area contributed by atoms with Crippen LogP contribution in [0.5, 0.6) is 0 Å². The standard InChI is InChI=1S/C15H21ClN2O3S/c1-2-3-11-22(20,21)18-10-4-5-14(18)15(19)17-13-8-6-12(16)7-9-13/h6-9,14H,2-5,10-11H2,1H3,(H,17,19)/t14-/m0/s1. The summed E-state index contributed by atoms with van der Waals surface area (Å²) in [4.78, 5) is 12.4. The van der Waals surface area contributed by atoms with Crippen molar-refractivity contribution in [1.29, 1.82) is 0 Å². The molecule has 1 saturated heterocycles. The van der Waals surface area contributed by atoms with Gasteiger partial charge in [-0.3, -0.25) is 4.79 Å². The highest BCUT2D eigenvalue weighted by atomic mass is 35.5. The number of halogens is 1. The molecule has 22 heavy (non-hydrogen) atoms. The molecule has 0 bridgehead atoms. The molecule has 1 heterocycles. The minimum Gasteiger partial charge on any atom is -0.325 e. The second-order valence-corrected chi connectivity index (χ2v) is 7.91. The molecule has 1 aromatic rings. The maximum atomic E-state index is 12.4. The smallest absolute Gasteiger partial charge is 0.242 e. The number of anilines is 1. The Morgan fingerprint density at radius 1 is 1.36 bits per heavy atom. The molecule has 0 unspecified atom stereocenters. The first kappa shape index (κ1) is 17.2. The van der Waals surface area contributed by atoms with Crippen LogP contribution in [0.15, 0.2) is 24.3 Å². The van der Waals surface area contributed by atoms with Crippen LogP contribution in [0.1, 0.15) is 32.6 Å². The summed E-state index contributed by atoms with van der Waals surface area (Å²) in [6.45, 7) is 2.37. The Bertz CT molecular complexity index is 616. The van der Waals surface area contributed by atoms with Crippen molar-refractivity contribution in [3.8, 4) is 0 Å². The lowest BCUT2D eigenvalue weighted by Crippen LogP contribution is -2.44. The van der Waals surface area contributed by atoms with Gasteiger partial charge in [-0.1, -0.05) is 24.9 Å². The first-order valence-electron chi connectivity index (χ1n) is 7.50. The van der Waals surface area contributed by atoms with E-state index in [1.54, 1.807) is 24.3 Å². The van der Waals surface area contributed by atoms with Crippen LogP contribution in [0.25, 0.3) is 0 Å². The molecule has 1 N–H and O–H groups in total. The van der Waals surface area contributed by atoms with E-state index in [1.807, 2.05) is 6.92 Å². The number of carbonyl (C=O) groups excluding carboxylic acids is 1. The average molecular weight is 345 g/mol. The van der Waals surface area contributed by atoms with Crippen LogP contribution in [-0.2, 0) is 14.8 Å². The van der Waals surface area contributed by atoms with E-state index in [2.05, 4.69) is 5.32 Å². The highest BCUT2D eigenvalue weighted by molar-refractivity contribution is 7.89. The van der Waals surface area contributed by atoms with E-state index < -0.39 is 16.1 Å². The predicted octanol–water partition coefficient (Wildman–Crippen LogP) is 2.87. The third-order valence-electron chi connectivity index (χ3n) is 3.73. The first-order valence-corrected chi connectivity index (χ1v) is 9.48. The molecule has 0 aromatic heterocycles. The minimum atomic E-state index is -3.36. The van der Waals surface area contributed by atoms with Gasteiger partial charge in [-0.2, -0.15) is 4.31 Å². The Labute approximate surface area is 136 Å². The Kier molecular flexibility index (Phi) is 5.83. The minimum absolute atomic E-state index is 0.105. The highest BCUT2D eigenvalue weighted by Crippen LogP contribution is 2.24. The second kappa shape index (κ2) is 7.44. The van der Waals surface area contributed by atoms with E-state index in [4.69, 9.17) is 11.6 Å². The molecule has 0 spiro atoms. The third-order valence-corrected chi connectivity index (χ3v) is 5.94. The number of amides is 1. The summed E-state index contributed by atoms with van der Waals surface area (Å²) >= 11 is 5.81. The summed E-state index contributed by atoms with van der Waals surface area (Å²) in [7, 11) is -3.36. The molecule has 5 nitrogen and oxygen atoms in total. The number of hydrogen-bond donors (Lipinski definition) is 1. The quantitative estimate of drug-likeness (QED) is 0.862. The molecule has 0 saturated carbocycles. The monoisotopic (exact) mass is 344 g/mol. The van der Waals surface area contributed by atoms with Gasteiger partial charge >= 0.3 is 0 Å². The number of rotatable bonds is 6. The van der Waals surface area contributed by atoms with Crippen molar-refractivity contribution in [2.45, 2.75) is 38.6 Å². The average Bonchev–Trinajstić information content (AvgIpc) is 2.98. The van der Waals surface area contributed by atoms with Gasteiger partial charge in [0.1, 0.15) is 6.04 Å².